The van der Waals surface area contributed by atoms with E-state index in [2.05, 4.69) is 0 Å². The zero-order valence-corrected chi connectivity index (χ0v) is 16.2. The first-order chi connectivity index (χ1) is 13.8. The quantitative estimate of drug-likeness (QED) is 0.323. The molecule has 146 valence electrons. The van der Waals surface area contributed by atoms with Gasteiger partial charge in [-0.05, 0) is 43.7 Å². The lowest BCUT2D eigenvalue weighted by molar-refractivity contribution is -0.384. The van der Waals surface area contributed by atoms with Crippen LogP contribution in [0.3, 0.4) is 0 Å². The third kappa shape index (κ3) is 3.56. The molecule has 0 fully saturated rings. The Bertz CT molecular complexity index is 1150. The monoisotopic (exact) mass is 411 g/mol. The van der Waals surface area contributed by atoms with Crippen LogP contribution in [0.15, 0.2) is 51.5 Å². The number of likely N-dealkylation sites (N-methyl/N-ethyl adjacent to an activating group) is 1. The predicted octanol–water partition coefficient (Wildman–Crippen LogP) is 4.12. The number of rotatable bonds is 4. The van der Waals surface area contributed by atoms with Crippen LogP contribution in [0.4, 0.5) is 5.69 Å². The molecule has 1 aromatic carbocycles. The van der Waals surface area contributed by atoms with Crippen LogP contribution < -0.4 is 0 Å². The lowest BCUT2D eigenvalue weighted by Crippen LogP contribution is -2.42. The number of nitro benzene ring substituents is 1. The molecule has 3 rings (SSSR count). The maximum Gasteiger partial charge on any atom is 0.271 e. The molecule has 0 unspecified atom stereocenters. The van der Waals surface area contributed by atoms with E-state index in [0.29, 0.717) is 5.56 Å². The van der Waals surface area contributed by atoms with Crippen molar-refractivity contribution in [3.05, 3.63) is 67.9 Å². The van der Waals surface area contributed by atoms with E-state index in [1.54, 1.807) is 19.1 Å². The number of imide groups is 1. The molecule has 2 heterocycles. The standard InChI is InChI=1S/C20H14ClN3O5/c1-3-23-19(25)14(11(2)16(10-22)20(23)26)9-13-5-7-18(29-13)15-8-12(24(27)28)4-6-17(15)21/h4-9H,3H2,1-2H3/b14-9+. The third-order valence-corrected chi connectivity index (χ3v) is 4.81. The Morgan fingerprint density at radius 2 is 2.00 bits per heavy atom. The van der Waals surface area contributed by atoms with Crippen LogP contribution in [0.1, 0.15) is 19.6 Å². The Hall–Kier alpha value is -3.70. The molecule has 0 radical (unpaired) electrons. The minimum absolute atomic E-state index is 0.105. The largest absolute Gasteiger partial charge is 0.457 e. The molecule has 0 saturated heterocycles. The first-order valence-corrected chi connectivity index (χ1v) is 8.89. The Balaban J connectivity index is 2.07. The summed E-state index contributed by atoms with van der Waals surface area (Å²) in [6.07, 6.45) is 1.43. The highest BCUT2D eigenvalue weighted by Crippen LogP contribution is 2.34. The van der Waals surface area contributed by atoms with Crippen LogP contribution >= 0.6 is 11.6 Å². The molecule has 2 aromatic rings. The SMILES string of the molecule is CCN1C(=O)C(C#N)=C(C)/C(=C\c2ccc(-c3cc([N+](=O)[O-])ccc3Cl)o2)C1=O. The van der Waals surface area contributed by atoms with Crippen molar-refractivity contribution >= 4 is 35.2 Å². The molecule has 29 heavy (non-hydrogen) atoms. The predicted molar refractivity (Wildman–Crippen MR) is 104 cm³/mol. The van der Waals surface area contributed by atoms with Crippen molar-refractivity contribution < 1.29 is 18.9 Å². The van der Waals surface area contributed by atoms with Crippen LogP contribution in [-0.2, 0) is 9.59 Å². The molecule has 1 aliphatic heterocycles. The van der Waals surface area contributed by atoms with Crippen molar-refractivity contribution in [3.8, 4) is 17.4 Å². The lowest BCUT2D eigenvalue weighted by atomic mass is 9.95. The number of benzene rings is 1. The summed E-state index contributed by atoms with van der Waals surface area (Å²) < 4.78 is 5.70. The molecule has 1 aromatic heterocycles. The number of hydrogen-bond donors (Lipinski definition) is 0. The number of carbonyl (C=O) groups excluding carboxylic acids is 2. The van der Waals surface area contributed by atoms with Crippen molar-refractivity contribution in [1.29, 1.82) is 5.26 Å². The van der Waals surface area contributed by atoms with Gasteiger partial charge in [0, 0.05) is 29.8 Å². The van der Waals surface area contributed by atoms with Gasteiger partial charge in [0.2, 0.25) is 0 Å². The van der Waals surface area contributed by atoms with E-state index in [0.717, 1.165) is 4.90 Å². The minimum atomic E-state index is -0.627. The second-order valence-corrected chi connectivity index (χ2v) is 6.55. The zero-order chi connectivity index (χ0) is 21.3. The highest BCUT2D eigenvalue weighted by atomic mass is 35.5. The molecule has 0 aliphatic carbocycles. The van der Waals surface area contributed by atoms with Crippen molar-refractivity contribution in [2.75, 3.05) is 6.54 Å². The van der Waals surface area contributed by atoms with E-state index in [-0.39, 0.29) is 45.5 Å². The summed E-state index contributed by atoms with van der Waals surface area (Å²) in [7, 11) is 0. The van der Waals surface area contributed by atoms with E-state index in [1.165, 1.54) is 31.2 Å². The topological polar surface area (TPSA) is 117 Å². The van der Waals surface area contributed by atoms with Gasteiger partial charge in [-0.2, -0.15) is 5.26 Å². The smallest absolute Gasteiger partial charge is 0.271 e. The maximum absolute atomic E-state index is 12.6. The Labute approximate surface area is 170 Å². The van der Waals surface area contributed by atoms with Gasteiger partial charge < -0.3 is 4.42 Å². The fourth-order valence-electron chi connectivity index (χ4n) is 2.95. The first kappa shape index (κ1) is 20.0. The number of halogens is 1. The van der Waals surface area contributed by atoms with Crippen LogP contribution in [0.2, 0.25) is 5.02 Å². The molecule has 0 saturated carbocycles. The number of nitriles is 1. The fraction of sp³-hybridized carbons (Fsp3) is 0.150. The summed E-state index contributed by atoms with van der Waals surface area (Å²) >= 11 is 6.13. The van der Waals surface area contributed by atoms with Crippen LogP contribution in [0.5, 0.6) is 0 Å². The Morgan fingerprint density at radius 1 is 1.28 bits per heavy atom. The number of nitro groups is 1. The number of hydrogen-bond acceptors (Lipinski definition) is 6. The maximum atomic E-state index is 12.6. The Kier molecular flexibility index (Phi) is 5.35. The van der Waals surface area contributed by atoms with Crippen molar-refractivity contribution in [2.45, 2.75) is 13.8 Å². The molecule has 9 heteroatoms. The number of non-ortho nitro benzene ring substituents is 1. The van der Waals surface area contributed by atoms with Gasteiger partial charge in [0.25, 0.3) is 17.5 Å². The van der Waals surface area contributed by atoms with Gasteiger partial charge >= 0.3 is 0 Å². The summed E-state index contributed by atoms with van der Waals surface area (Å²) in [6.45, 7) is 3.28. The van der Waals surface area contributed by atoms with Gasteiger partial charge in [-0.25, -0.2) is 0 Å². The normalized spacial score (nSPS) is 15.8. The summed E-state index contributed by atoms with van der Waals surface area (Å²) in [5.41, 5.74) is 0.507. The highest BCUT2D eigenvalue weighted by molar-refractivity contribution is 6.33. The number of carbonyl (C=O) groups is 2. The van der Waals surface area contributed by atoms with E-state index in [9.17, 15) is 25.0 Å². The second-order valence-electron chi connectivity index (χ2n) is 6.15. The molecular weight excluding hydrogens is 398 g/mol. The van der Waals surface area contributed by atoms with E-state index < -0.39 is 16.7 Å². The van der Waals surface area contributed by atoms with Crippen molar-refractivity contribution in [2.24, 2.45) is 0 Å². The number of furan rings is 1. The summed E-state index contributed by atoms with van der Waals surface area (Å²) in [5.74, 6) is -0.606. The van der Waals surface area contributed by atoms with Crippen LogP contribution in [-0.4, -0.2) is 28.2 Å². The molecular formula is C20H14ClN3O5. The average Bonchev–Trinajstić information content (AvgIpc) is 3.14. The van der Waals surface area contributed by atoms with Gasteiger partial charge in [0.1, 0.15) is 23.2 Å². The molecule has 8 nitrogen and oxygen atoms in total. The molecule has 0 N–H and O–H groups in total. The molecule has 0 bridgehead atoms. The van der Waals surface area contributed by atoms with Crippen LogP contribution in [0.25, 0.3) is 17.4 Å². The van der Waals surface area contributed by atoms with E-state index >= 15 is 0 Å². The number of amides is 2. The fourth-order valence-corrected chi connectivity index (χ4v) is 3.16. The Morgan fingerprint density at radius 3 is 2.62 bits per heavy atom. The molecule has 0 spiro atoms. The van der Waals surface area contributed by atoms with Gasteiger partial charge in [-0.15, -0.1) is 0 Å². The van der Waals surface area contributed by atoms with Gasteiger partial charge in [-0.3, -0.25) is 24.6 Å². The summed E-state index contributed by atoms with van der Waals surface area (Å²) in [5, 5.41) is 20.6. The molecule has 2 amide bonds. The summed E-state index contributed by atoms with van der Waals surface area (Å²) in [4.78, 5) is 36.3. The van der Waals surface area contributed by atoms with Crippen LogP contribution in [0, 0.1) is 21.4 Å². The first-order valence-electron chi connectivity index (χ1n) is 8.51. The third-order valence-electron chi connectivity index (χ3n) is 4.48. The highest BCUT2D eigenvalue weighted by Gasteiger charge is 2.34. The van der Waals surface area contributed by atoms with Gasteiger partial charge in [0.05, 0.1) is 9.95 Å². The van der Waals surface area contributed by atoms with Gasteiger partial charge in [-0.1, -0.05) is 11.6 Å². The second kappa shape index (κ2) is 7.73. The average molecular weight is 412 g/mol. The van der Waals surface area contributed by atoms with E-state index in [4.69, 9.17) is 16.0 Å². The van der Waals surface area contributed by atoms with Crippen molar-refractivity contribution in [1.82, 2.24) is 4.90 Å². The molecule has 1 aliphatic rings. The lowest BCUT2D eigenvalue weighted by Gasteiger charge is -2.25. The summed E-state index contributed by atoms with van der Waals surface area (Å²) in [6, 6.07) is 8.95. The molecule has 0 atom stereocenters. The number of nitrogens with zero attached hydrogens (tertiary/aromatic N) is 3. The van der Waals surface area contributed by atoms with Gasteiger partial charge in [0.15, 0.2) is 0 Å². The van der Waals surface area contributed by atoms with E-state index in [1.807, 2.05) is 6.07 Å². The van der Waals surface area contributed by atoms with Crippen molar-refractivity contribution in [3.63, 3.8) is 0 Å². The zero-order valence-electron chi connectivity index (χ0n) is 15.4. The minimum Gasteiger partial charge on any atom is -0.457 e.